The maximum Gasteiger partial charge on any atom is 0.416 e. The zero-order valence-corrected chi connectivity index (χ0v) is 23.8. The third kappa shape index (κ3) is 6.28. The molecule has 39 heavy (non-hydrogen) atoms. The lowest BCUT2D eigenvalue weighted by Crippen LogP contribution is -2.13. The topological polar surface area (TPSA) is 69.3 Å². The molecule has 0 atom stereocenters. The number of ether oxygens (including phenoxy) is 1. The van der Waals surface area contributed by atoms with Crippen molar-refractivity contribution in [2.45, 2.75) is 33.2 Å². The summed E-state index contributed by atoms with van der Waals surface area (Å²) in [4.78, 5) is 12.9. The molecular weight excluding hydrogens is 625 g/mol. The van der Waals surface area contributed by atoms with Crippen LogP contribution in [0.3, 0.4) is 0 Å². The van der Waals surface area contributed by atoms with E-state index in [4.69, 9.17) is 67.2 Å². The van der Waals surface area contributed by atoms with Gasteiger partial charge in [0, 0.05) is 0 Å². The first-order valence-corrected chi connectivity index (χ1v) is 12.9. The first-order chi connectivity index (χ1) is 18.3. The van der Waals surface area contributed by atoms with Gasteiger partial charge in [0.05, 0.1) is 44.3 Å². The van der Waals surface area contributed by atoms with E-state index in [1.807, 2.05) is 0 Å². The van der Waals surface area contributed by atoms with Gasteiger partial charge in [-0.15, -0.1) is 0 Å². The zero-order valence-electron chi connectivity index (χ0n) is 20.0. The highest BCUT2D eigenvalue weighted by Gasteiger charge is 2.30. The van der Waals surface area contributed by atoms with Crippen molar-refractivity contribution in [2.75, 3.05) is 5.32 Å². The molecule has 2 heterocycles. The average molecular weight is 642 g/mol. The van der Waals surface area contributed by atoms with Gasteiger partial charge in [-0.2, -0.15) is 18.3 Å². The molecule has 1 N–H and O–H groups in total. The number of hydrogen-bond donors (Lipinski definition) is 1. The van der Waals surface area contributed by atoms with Gasteiger partial charge in [0.1, 0.15) is 22.4 Å². The molecule has 0 unspecified atom stereocenters. The number of carbonyl (C=O) groups excluding carboxylic acids is 1. The molecule has 0 aliphatic heterocycles. The standard InChI is InChI=1S/C25H17Cl5F3N3O3/c1-11-22(12(2)36(35-11)9-13-4-3-5-14(8-13)25(31,32)33)34-24(37)16-7-6-15(39-16)10-38-23-20(29)18(27)17(26)19(28)21(23)30/h3-8H,9-10H2,1-2H3,(H,34,37). The highest BCUT2D eigenvalue weighted by molar-refractivity contribution is 6.55. The van der Waals surface area contributed by atoms with Crippen LogP contribution in [0.25, 0.3) is 0 Å². The van der Waals surface area contributed by atoms with Crippen LogP contribution in [0.15, 0.2) is 40.8 Å². The fourth-order valence-electron chi connectivity index (χ4n) is 3.66. The summed E-state index contributed by atoms with van der Waals surface area (Å²) < 4.78 is 51.9. The van der Waals surface area contributed by atoms with E-state index in [-0.39, 0.29) is 55.5 Å². The Morgan fingerprint density at radius 3 is 2.28 bits per heavy atom. The molecule has 0 spiro atoms. The Bertz CT molecular complexity index is 1540. The summed E-state index contributed by atoms with van der Waals surface area (Å²) in [7, 11) is 0. The van der Waals surface area contributed by atoms with Gasteiger partial charge >= 0.3 is 6.18 Å². The molecular formula is C25H17Cl5F3N3O3. The van der Waals surface area contributed by atoms with Crippen LogP contribution >= 0.6 is 58.0 Å². The highest BCUT2D eigenvalue weighted by Crippen LogP contribution is 2.48. The van der Waals surface area contributed by atoms with Crippen molar-refractivity contribution < 1.29 is 27.1 Å². The predicted molar refractivity (Wildman–Crippen MR) is 145 cm³/mol. The van der Waals surface area contributed by atoms with E-state index >= 15 is 0 Å². The van der Waals surface area contributed by atoms with Crippen LogP contribution in [-0.4, -0.2) is 15.7 Å². The van der Waals surface area contributed by atoms with E-state index in [0.717, 1.165) is 12.1 Å². The van der Waals surface area contributed by atoms with Crippen molar-refractivity contribution in [2.24, 2.45) is 0 Å². The Morgan fingerprint density at radius 2 is 1.64 bits per heavy atom. The second kappa shape index (κ2) is 11.5. The smallest absolute Gasteiger partial charge is 0.416 e. The van der Waals surface area contributed by atoms with Crippen molar-refractivity contribution in [1.82, 2.24) is 9.78 Å². The number of carbonyl (C=O) groups is 1. The molecule has 0 radical (unpaired) electrons. The largest absolute Gasteiger partial charge is 0.482 e. The van der Waals surface area contributed by atoms with E-state index in [9.17, 15) is 18.0 Å². The minimum Gasteiger partial charge on any atom is -0.482 e. The van der Waals surface area contributed by atoms with Gasteiger partial charge in [-0.1, -0.05) is 70.1 Å². The van der Waals surface area contributed by atoms with E-state index in [2.05, 4.69) is 10.4 Å². The van der Waals surface area contributed by atoms with Gasteiger partial charge in [0.15, 0.2) is 11.5 Å². The molecule has 0 bridgehead atoms. The molecule has 14 heteroatoms. The van der Waals surface area contributed by atoms with Gasteiger partial charge in [0.2, 0.25) is 0 Å². The van der Waals surface area contributed by atoms with Gasteiger partial charge < -0.3 is 14.5 Å². The Kier molecular flexibility index (Phi) is 8.68. The molecule has 0 fully saturated rings. The Balaban J connectivity index is 1.46. The predicted octanol–water partition coefficient (Wildman–Crippen LogP) is 9.26. The van der Waals surface area contributed by atoms with Gasteiger partial charge in [-0.05, 0) is 43.7 Å². The van der Waals surface area contributed by atoms with Crippen LogP contribution in [0.1, 0.15) is 38.8 Å². The second-order valence-electron chi connectivity index (χ2n) is 8.31. The zero-order chi connectivity index (χ0) is 28.6. The molecule has 206 valence electrons. The second-order valence-corrected chi connectivity index (χ2v) is 10.2. The van der Waals surface area contributed by atoms with Crippen molar-refractivity contribution >= 4 is 69.6 Å². The lowest BCUT2D eigenvalue weighted by atomic mass is 10.1. The summed E-state index contributed by atoms with van der Waals surface area (Å²) >= 11 is 30.4. The summed E-state index contributed by atoms with van der Waals surface area (Å²) in [5.74, 6) is -0.329. The quantitative estimate of drug-likeness (QED) is 0.161. The minimum atomic E-state index is -4.45. The van der Waals surface area contributed by atoms with Crippen LogP contribution in [0.2, 0.25) is 25.1 Å². The van der Waals surface area contributed by atoms with Crippen molar-refractivity contribution in [1.29, 1.82) is 0 Å². The van der Waals surface area contributed by atoms with Crippen molar-refractivity contribution in [3.05, 3.63) is 95.5 Å². The molecule has 6 nitrogen and oxygen atoms in total. The molecule has 2 aromatic heterocycles. The average Bonchev–Trinajstić information content (AvgIpc) is 3.46. The number of aromatic nitrogens is 2. The number of aryl methyl sites for hydroxylation is 1. The summed E-state index contributed by atoms with van der Waals surface area (Å²) in [6, 6.07) is 7.93. The number of nitrogens with one attached hydrogen (secondary N) is 1. The monoisotopic (exact) mass is 639 g/mol. The Labute approximate surface area is 245 Å². The third-order valence-corrected chi connectivity index (χ3v) is 7.86. The molecule has 0 aliphatic rings. The number of halogens is 8. The molecule has 4 aromatic rings. The normalized spacial score (nSPS) is 11.6. The lowest BCUT2D eigenvalue weighted by molar-refractivity contribution is -0.137. The van der Waals surface area contributed by atoms with Crippen LogP contribution in [0.4, 0.5) is 18.9 Å². The van der Waals surface area contributed by atoms with Gasteiger partial charge in [-0.3, -0.25) is 9.48 Å². The number of amides is 1. The number of nitrogens with zero attached hydrogens (tertiary/aromatic N) is 2. The van der Waals surface area contributed by atoms with Crippen LogP contribution in [0.5, 0.6) is 5.75 Å². The van der Waals surface area contributed by atoms with Crippen LogP contribution in [-0.2, 0) is 19.3 Å². The SMILES string of the molecule is Cc1nn(Cc2cccc(C(F)(F)F)c2)c(C)c1NC(=O)c1ccc(COc2c(Cl)c(Cl)c(Cl)c(Cl)c2Cl)o1. The first kappa shape index (κ1) is 29.4. The van der Waals surface area contributed by atoms with Crippen LogP contribution < -0.4 is 10.1 Å². The fraction of sp³-hybridized carbons (Fsp3) is 0.200. The van der Waals surface area contributed by atoms with E-state index in [1.165, 1.54) is 22.9 Å². The summed E-state index contributed by atoms with van der Waals surface area (Å²) in [6.07, 6.45) is -4.45. The number of alkyl halides is 3. The first-order valence-electron chi connectivity index (χ1n) is 11.0. The molecule has 4 rings (SSSR count). The van der Waals surface area contributed by atoms with E-state index < -0.39 is 17.6 Å². The number of furan rings is 1. The number of benzene rings is 2. The van der Waals surface area contributed by atoms with Gasteiger partial charge in [-0.25, -0.2) is 0 Å². The number of anilines is 1. The van der Waals surface area contributed by atoms with Gasteiger partial charge in [0.25, 0.3) is 5.91 Å². The summed E-state index contributed by atoms with van der Waals surface area (Å²) in [5.41, 5.74) is 1.09. The summed E-state index contributed by atoms with van der Waals surface area (Å²) in [5, 5.41) is 6.97. The molecule has 0 saturated heterocycles. The Morgan fingerprint density at radius 1 is 1.00 bits per heavy atom. The van der Waals surface area contributed by atoms with Crippen molar-refractivity contribution in [3.8, 4) is 5.75 Å². The molecule has 2 aromatic carbocycles. The maximum absolute atomic E-state index is 13.1. The number of hydrogen-bond acceptors (Lipinski definition) is 4. The van der Waals surface area contributed by atoms with Crippen molar-refractivity contribution in [3.63, 3.8) is 0 Å². The van der Waals surface area contributed by atoms with Crippen LogP contribution in [0, 0.1) is 13.8 Å². The fourth-order valence-corrected chi connectivity index (χ4v) is 4.89. The summed E-state index contributed by atoms with van der Waals surface area (Å²) in [6.45, 7) is 3.29. The van der Waals surface area contributed by atoms with E-state index in [0.29, 0.717) is 22.6 Å². The molecule has 0 aliphatic carbocycles. The lowest BCUT2D eigenvalue weighted by Gasteiger charge is -2.12. The van der Waals surface area contributed by atoms with E-state index in [1.54, 1.807) is 19.9 Å². The highest BCUT2D eigenvalue weighted by atomic mass is 35.5. The molecule has 0 saturated carbocycles. The Hall–Kier alpha value is -2.56. The maximum atomic E-state index is 13.1. The third-order valence-electron chi connectivity index (χ3n) is 5.62. The number of rotatable bonds is 7. The minimum absolute atomic E-state index is 0.000399. The molecule has 1 amide bonds.